The Morgan fingerprint density at radius 3 is 2.36 bits per heavy atom. The molecule has 1 unspecified atom stereocenters. The van der Waals surface area contributed by atoms with E-state index < -0.39 is 20.6 Å². The van der Waals surface area contributed by atoms with Crippen LogP contribution in [0.5, 0.6) is 0 Å². The standard InChI is InChI=1S/C6H10O3S2/c1-5-6(2)11(8,9)4-3-10(5)7/h3-4H2,1-2H3. The van der Waals surface area contributed by atoms with E-state index in [2.05, 4.69) is 0 Å². The summed E-state index contributed by atoms with van der Waals surface area (Å²) >= 11 is 0. The van der Waals surface area contributed by atoms with Gasteiger partial charge >= 0.3 is 0 Å². The van der Waals surface area contributed by atoms with Crippen LogP contribution in [0.1, 0.15) is 13.8 Å². The fourth-order valence-electron chi connectivity index (χ4n) is 0.871. The summed E-state index contributed by atoms with van der Waals surface area (Å²) < 4.78 is 33.4. The maximum absolute atomic E-state index is 11.1. The molecule has 3 nitrogen and oxygen atoms in total. The number of hydrogen-bond donors (Lipinski definition) is 0. The summed E-state index contributed by atoms with van der Waals surface area (Å²) in [6.07, 6.45) is 0. The predicted octanol–water partition coefficient (Wildman–Crippen LogP) is 0.415. The van der Waals surface area contributed by atoms with Crippen LogP contribution in [0.3, 0.4) is 0 Å². The van der Waals surface area contributed by atoms with Crippen molar-refractivity contribution >= 4 is 20.6 Å². The molecule has 5 heteroatoms. The fraction of sp³-hybridized carbons (Fsp3) is 0.667. The highest BCUT2D eigenvalue weighted by atomic mass is 32.2. The van der Waals surface area contributed by atoms with Gasteiger partial charge in [0.1, 0.15) is 0 Å². The zero-order valence-corrected chi connectivity index (χ0v) is 8.09. The van der Waals surface area contributed by atoms with Crippen molar-refractivity contribution in [1.29, 1.82) is 0 Å². The number of rotatable bonds is 0. The first-order chi connectivity index (χ1) is 4.95. The van der Waals surface area contributed by atoms with Gasteiger partial charge in [-0.3, -0.25) is 4.21 Å². The molecule has 1 aliphatic heterocycles. The highest BCUT2D eigenvalue weighted by Crippen LogP contribution is 2.20. The van der Waals surface area contributed by atoms with Gasteiger partial charge in [0.2, 0.25) is 0 Å². The van der Waals surface area contributed by atoms with Crippen LogP contribution in [0.2, 0.25) is 0 Å². The van der Waals surface area contributed by atoms with Gasteiger partial charge in [-0.1, -0.05) is 0 Å². The van der Waals surface area contributed by atoms with Crippen LogP contribution in [0.25, 0.3) is 0 Å². The zero-order valence-electron chi connectivity index (χ0n) is 6.46. The molecule has 0 aromatic heterocycles. The molecule has 0 radical (unpaired) electrons. The Kier molecular flexibility index (Phi) is 2.20. The number of allylic oxidation sites excluding steroid dienone is 2. The average molecular weight is 194 g/mol. The van der Waals surface area contributed by atoms with Gasteiger partial charge in [-0.2, -0.15) is 0 Å². The van der Waals surface area contributed by atoms with Crippen LogP contribution in [0.15, 0.2) is 9.81 Å². The summed E-state index contributed by atoms with van der Waals surface area (Å²) in [6.45, 7) is 3.13. The third kappa shape index (κ3) is 1.54. The van der Waals surface area contributed by atoms with Crippen LogP contribution in [0.4, 0.5) is 0 Å². The van der Waals surface area contributed by atoms with Crippen molar-refractivity contribution < 1.29 is 12.6 Å². The van der Waals surface area contributed by atoms with Gasteiger partial charge in [-0.15, -0.1) is 0 Å². The minimum atomic E-state index is -3.06. The summed E-state index contributed by atoms with van der Waals surface area (Å²) in [5.41, 5.74) is 0. The van der Waals surface area contributed by atoms with Gasteiger partial charge in [0.05, 0.1) is 21.5 Å². The third-order valence-electron chi connectivity index (χ3n) is 1.84. The van der Waals surface area contributed by atoms with Gasteiger partial charge < -0.3 is 0 Å². The summed E-state index contributed by atoms with van der Waals surface area (Å²) in [7, 11) is -4.12. The van der Waals surface area contributed by atoms with Crippen molar-refractivity contribution in [2.24, 2.45) is 0 Å². The Balaban J connectivity index is 3.29. The maximum atomic E-state index is 11.1. The molecule has 1 atom stereocenters. The van der Waals surface area contributed by atoms with E-state index >= 15 is 0 Å². The van der Waals surface area contributed by atoms with E-state index in [4.69, 9.17) is 0 Å². The normalized spacial score (nSPS) is 30.5. The van der Waals surface area contributed by atoms with Crippen LogP contribution in [-0.2, 0) is 20.6 Å². The summed E-state index contributed by atoms with van der Waals surface area (Å²) in [4.78, 5) is 0.804. The number of sulfone groups is 1. The van der Waals surface area contributed by atoms with Gasteiger partial charge in [0.15, 0.2) is 9.84 Å². The summed E-state index contributed by atoms with van der Waals surface area (Å²) in [5, 5.41) is 0. The van der Waals surface area contributed by atoms with Gasteiger partial charge in [0, 0.05) is 10.7 Å². The first-order valence-corrected chi connectivity index (χ1v) is 6.21. The lowest BCUT2D eigenvalue weighted by molar-refractivity contribution is 0.602. The lowest BCUT2D eigenvalue weighted by Crippen LogP contribution is -2.21. The van der Waals surface area contributed by atoms with Crippen molar-refractivity contribution in [3.63, 3.8) is 0 Å². The van der Waals surface area contributed by atoms with E-state index in [1.54, 1.807) is 6.92 Å². The lowest BCUT2D eigenvalue weighted by Gasteiger charge is -2.13. The molecule has 0 aromatic carbocycles. The predicted molar refractivity (Wildman–Crippen MR) is 45.2 cm³/mol. The molecule has 64 valence electrons. The molecule has 0 saturated heterocycles. The van der Waals surface area contributed by atoms with E-state index in [0.717, 1.165) is 0 Å². The van der Waals surface area contributed by atoms with E-state index in [1.165, 1.54) is 6.92 Å². The summed E-state index contributed by atoms with van der Waals surface area (Å²) in [6, 6.07) is 0. The molecule has 1 rings (SSSR count). The molecule has 0 aliphatic carbocycles. The third-order valence-corrected chi connectivity index (χ3v) is 5.77. The molecular weight excluding hydrogens is 184 g/mol. The van der Waals surface area contributed by atoms with Crippen molar-refractivity contribution in [1.82, 2.24) is 0 Å². The molecule has 11 heavy (non-hydrogen) atoms. The van der Waals surface area contributed by atoms with Crippen molar-refractivity contribution in [2.75, 3.05) is 11.5 Å². The van der Waals surface area contributed by atoms with E-state index in [0.29, 0.717) is 9.81 Å². The Morgan fingerprint density at radius 2 is 1.91 bits per heavy atom. The molecular formula is C6H10O3S2. The lowest BCUT2D eigenvalue weighted by atomic mass is 10.6. The van der Waals surface area contributed by atoms with E-state index in [1.807, 2.05) is 0 Å². The minimum absolute atomic E-state index is 0.0305. The van der Waals surface area contributed by atoms with E-state index in [-0.39, 0.29) is 11.5 Å². The molecule has 1 heterocycles. The average Bonchev–Trinajstić information content (AvgIpc) is 1.95. The maximum Gasteiger partial charge on any atom is 0.176 e. The first kappa shape index (κ1) is 8.93. The SMILES string of the molecule is CC1=C(C)S(=O)(=O)CCS1=O. The Morgan fingerprint density at radius 1 is 1.36 bits per heavy atom. The van der Waals surface area contributed by atoms with Crippen molar-refractivity contribution in [3.05, 3.63) is 9.81 Å². The smallest absolute Gasteiger partial charge is 0.176 e. The quantitative estimate of drug-likeness (QED) is 0.561. The largest absolute Gasteiger partial charge is 0.255 e. The molecule has 0 amide bonds. The minimum Gasteiger partial charge on any atom is -0.255 e. The van der Waals surface area contributed by atoms with Crippen LogP contribution in [0, 0.1) is 0 Å². The monoisotopic (exact) mass is 194 g/mol. The number of hydrogen-bond acceptors (Lipinski definition) is 3. The zero-order chi connectivity index (χ0) is 8.65. The van der Waals surface area contributed by atoms with Gasteiger partial charge in [0.25, 0.3) is 0 Å². The first-order valence-electron chi connectivity index (χ1n) is 3.24. The highest BCUT2D eigenvalue weighted by Gasteiger charge is 2.24. The van der Waals surface area contributed by atoms with Gasteiger partial charge in [-0.05, 0) is 13.8 Å². The Bertz CT molecular complexity index is 324. The van der Waals surface area contributed by atoms with Crippen molar-refractivity contribution in [2.45, 2.75) is 13.8 Å². The molecule has 0 spiro atoms. The van der Waals surface area contributed by atoms with Crippen LogP contribution < -0.4 is 0 Å². The second kappa shape index (κ2) is 2.71. The molecule has 0 fully saturated rings. The molecule has 0 aromatic rings. The van der Waals surface area contributed by atoms with Crippen molar-refractivity contribution in [3.8, 4) is 0 Å². The highest BCUT2D eigenvalue weighted by molar-refractivity contribution is 7.99. The Labute approximate surface area is 68.9 Å². The van der Waals surface area contributed by atoms with Crippen LogP contribution in [-0.4, -0.2) is 24.1 Å². The topological polar surface area (TPSA) is 51.2 Å². The second-order valence-electron chi connectivity index (χ2n) is 2.48. The molecule has 1 aliphatic rings. The van der Waals surface area contributed by atoms with Gasteiger partial charge in [-0.25, -0.2) is 8.42 Å². The molecule has 0 saturated carbocycles. The molecule has 0 bridgehead atoms. The Hall–Kier alpha value is -0.160. The molecule has 0 N–H and O–H groups in total. The fourth-order valence-corrected chi connectivity index (χ4v) is 4.38. The summed E-state index contributed by atoms with van der Waals surface area (Å²) in [5.74, 6) is 0.286. The second-order valence-corrected chi connectivity index (χ2v) is 6.44. The van der Waals surface area contributed by atoms with Crippen LogP contribution >= 0.6 is 0 Å². The van der Waals surface area contributed by atoms with E-state index in [9.17, 15) is 12.6 Å².